The minimum absolute atomic E-state index is 0. The van der Waals surface area contributed by atoms with E-state index in [-0.39, 0.29) is 35.6 Å². The van der Waals surface area contributed by atoms with Gasteiger partial charge in [0, 0.05) is 0 Å². The van der Waals surface area contributed by atoms with Gasteiger partial charge >= 0.3 is 86.7 Å². The van der Waals surface area contributed by atoms with Crippen molar-refractivity contribution in [2.75, 3.05) is 0 Å². The summed E-state index contributed by atoms with van der Waals surface area (Å²) in [6, 6.07) is 31.1. The zero-order chi connectivity index (χ0) is 31.5. The van der Waals surface area contributed by atoms with Gasteiger partial charge in [0.05, 0.1) is 0 Å². The number of hydrogen-bond donors (Lipinski definition) is 0. The van der Waals surface area contributed by atoms with Crippen LogP contribution in [0.5, 0.6) is 0 Å². The molecule has 0 saturated heterocycles. The van der Waals surface area contributed by atoms with Gasteiger partial charge in [0.1, 0.15) is 0 Å². The molecule has 1 atom stereocenters. The number of rotatable bonds is 2. The average Bonchev–Trinajstić information content (AvgIpc) is 3.50. The monoisotopic (exact) mass is 712 g/mol. The molecule has 0 nitrogen and oxygen atoms in total. The standard InChI is InChI=1S/C21H25.C11H8.C10H15.2ClH.Zr/c1-20(2,3)16-7-9-18-14(12-16)11-15-13-17(21(4,5)6)8-10-19(15)18;1-9-5-4-7-10-6-2-3-8-11(9)10;1-7(2)10-6-8(3)5-9(10)4;;;/h7-13H,1-6H3;1-8H;6-8H,1-4H3;2*1H;/q-1;;-1;;;+2/p-2. The summed E-state index contributed by atoms with van der Waals surface area (Å²) >= 11 is 1.46. The molecule has 0 bridgehead atoms. The van der Waals surface area contributed by atoms with E-state index in [9.17, 15) is 0 Å². The van der Waals surface area contributed by atoms with E-state index in [1.165, 1.54) is 84.4 Å². The molecule has 236 valence electrons. The fourth-order valence-electron chi connectivity index (χ4n) is 5.82. The minimum atomic E-state index is 0. The zero-order valence-corrected chi connectivity index (χ0v) is 32.6. The van der Waals surface area contributed by atoms with Gasteiger partial charge in [-0.1, -0.05) is 116 Å². The van der Waals surface area contributed by atoms with Crippen molar-refractivity contribution in [1.29, 1.82) is 0 Å². The molecule has 6 rings (SSSR count). The van der Waals surface area contributed by atoms with E-state index in [4.69, 9.17) is 0 Å². The van der Waals surface area contributed by atoms with Crippen LogP contribution in [0.2, 0.25) is 0 Å². The van der Waals surface area contributed by atoms with Crippen molar-refractivity contribution < 1.29 is 49.0 Å². The van der Waals surface area contributed by atoms with Crippen LogP contribution in [-0.4, -0.2) is 3.71 Å². The Hall–Kier alpha value is -2.18. The van der Waals surface area contributed by atoms with Crippen LogP contribution in [0.3, 0.4) is 0 Å². The SMILES string of the molecule is CC(C)(C)c1ccc2c(c1)[cH-]c1cc(C(C)(C)C)ccc12.CC1=[C-]C(C)C=C1C(C)C.[Cl-].[Cl-].[Zr+2]=[CH]c1cccc2ccccc12. The molecule has 1 aliphatic rings. The van der Waals surface area contributed by atoms with Crippen molar-refractivity contribution in [3.8, 4) is 0 Å². The number of hydrogen-bond acceptors (Lipinski definition) is 0. The summed E-state index contributed by atoms with van der Waals surface area (Å²) in [7, 11) is 0. The van der Waals surface area contributed by atoms with Gasteiger partial charge in [-0.25, -0.2) is 5.57 Å². The molecule has 0 aromatic heterocycles. The van der Waals surface area contributed by atoms with E-state index in [1.54, 1.807) is 0 Å². The van der Waals surface area contributed by atoms with Crippen molar-refractivity contribution in [1.82, 2.24) is 0 Å². The third-order valence-corrected chi connectivity index (χ3v) is 9.11. The molecule has 0 saturated carbocycles. The van der Waals surface area contributed by atoms with E-state index < -0.39 is 0 Å². The quantitative estimate of drug-likeness (QED) is 0.203. The van der Waals surface area contributed by atoms with Crippen LogP contribution < -0.4 is 24.8 Å². The first-order valence-corrected chi connectivity index (χ1v) is 17.1. The molecular formula is C42H48Cl2Zr-2. The molecule has 0 fully saturated rings. The van der Waals surface area contributed by atoms with Crippen LogP contribution in [0, 0.1) is 17.9 Å². The van der Waals surface area contributed by atoms with Gasteiger partial charge in [0.2, 0.25) is 0 Å². The maximum absolute atomic E-state index is 3.37. The van der Waals surface area contributed by atoms with Gasteiger partial charge in [-0.05, 0) is 10.8 Å². The Morgan fingerprint density at radius 1 is 0.733 bits per heavy atom. The predicted molar refractivity (Wildman–Crippen MR) is 188 cm³/mol. The summed E-state index contributed by atoms with van der Waals surface area (Å²) in [5.74, 6) is 1.20. The molecule has 0 spiro atoms. The first-order chi connectivity index (χ1) is 20.2. The van der Waals surface area contributed by atoms with Crippen LogP contribution in [0.4, 0.5) is 0 Å². The Balaban J connectivity index is 0.000000251. The van der Waals surface area contributed by atoms with Crippen molar-refractivity contribution >= 4 is 36.0 Å². The molecule has 0 N–H and O–H groups in total. The summed E-state index contributed by atoms with van der Waals surface area (Å²) in [5, 5.41) is 8.16. The van der Waals surface area contributed by atoms with Gasteiger partial charge in [-0.2, -0.15) is 11.6 Å². The predicted octanol–water partition coefficient (Wildman–Crippen LogP) is 5.82. The number of fused-ring (bicyclic) bond motifs is 4. The van der Waals surface area contributed by atoms with Gasteiger partial charge in [-0.15, -0.1) is 39.7 Å². The van der Waals surface area contributed by atoms with E-state index in [0.29, 0.717) is 11.8 Å². The Morgan fingerprint density at radius 3 is 1.67 bits per heavy atom. The molecule has 5 aromatic rings. The maximum atomic E-state index is 3.37. The summed E-state index contributed by atoms with van der Waals surface area (Å²) < 4.78 is 2.23. The summed E-state index contributed by atoms with van der Waals surface area (Å²) in [4.78, 5) is 0. The number of benzene rings is 4. The molecular weight excluding hydrogens is 667 g/mol. The van der Waals surface area contributed by atoms with E-state index in [0.717, 1.165) is 0 Å². The zero-order valence-electron chi connectivity index (χ0n) is 28.6. The van der Waals surface area contributed by atoms with Crippen LogP contribution in [-0.2, 0) is 35.1 Å². The molecule has 1 unspecified atom stereocenters. The first-order valence-electron chi connectivity index (χ1n) is 15.6. The average molecular weight is 715 g/mol. The molecule has 1 aliphatic carbocycles. The molecule has 3 heteroatoms. The third-order valence-electron chi connectivity index (χ3n) is 8.34. The number of allylic oxidation sites excluding steroid dienone is 4. The molecule has 45 heavy (non-hydrogen) atoms. The van der Waals surface area contributed by atoms with Crippen LogP contribution in [0.25, 0.3) is 32.3 Å². The van der Waals surface area contributed by atoms with Gasteiger partial charge in [0.15, 0.2) is 0 Å². The van der Waals surface area contributed by atoms with Crippen LogP contribution in [0.15, 0.2) is 102 Å². The molecule has 5 aromatic carbocycles. The fourth-order valence-corrected chi connectivity index (χ4v) is 6.44. The molecule has 0 aliphatic heterocycles. The van der Waals surface area contributed by atoms with Crippen LogP contribution in [0.1, 0.15) is 85.9 Å². The van der Waals surface area contributed by atoms with Crippen LogP contribution >= 0.6 is 0 Å². The van der Waals surface area contributed by atoms with Crippen molar-refractivity contribution in [3.63, 3.8) is 0 Å². The Bertz CT molecular complexity index is 1730. The van der Waals surface area contributed by atoms with Crippen molar-refractivity contribution in [2.45, 2.75) is 80.1 Å². The van der Waals surface area contributed by atoms with Gasteiger partial charge in [0.25, 0.3) is 0 Å². The fraction of sp³-hybridized carbons (Fsp3) is 0.333. The van der Waals surface area contributed by atoms with E-state index in [2.05, 4.69) is 170 Å². The van der Waals surface area contributed by atoms with E-state index >= 15 is 0 Å². The summed E-state index contributed by atoms with van der Waals surface area (Å²) in [6.07, 6.45) is 5.68. The Morgan fingerprint density at radius 2 is 1.24 bits per heavy atom. The van der Waals surface area contributed by atoms with Crippen molar-refractivity contribution in [3.05, 3.63) is 125 Å². The van der Waals surface area contributed by atoms with Gasteiger partial charge in [-0.3, -0.25) is 6.08 Å². The summed E-state index contributed by atoms with van der Waals surface area (Å²) in [5.41, 5.74) is 7.40. The normalized spacial score (nSPS) is 14.5. The molecule has 0 amide bonds. The second-order valence-corrected chi connectivity index (χ2v) is 15.0. The van der Waals surface area contributed by atoms with Crippen molar-refractivity contribution in [2.24, 2.45) is 11.8 Å². The van der Waals surface area contributed by atoms with Gasteiger partial charge < -0.3 is 24.8 Å². The van der Waals surface area contributed by atoms with E-state index in [1.807, 2.05) is 0 Å². The molecule has 0 radical (unpaired) electrons. The Kier molecular flexibility index (Phi) is 13.9. The summed E-state index contributed by atoms with van der Waals surface area (Å²) in [6.45, 7) is 22.4. The second kappa shape index (κ2) is 16.1. The second-order valence-electron chi connectivity index (χ2n) is 14.3. The number of halogens is 2. The molecule has 0 heterocycles. The first kappa shape index (κ1) is 39.0. The topological polar surface area (TPSA) is 0 Å². The third kappa shape index (κ3) is 9.67. The Labute approximate surface area is 299 Å².